The summed E-state index contributed by atoms with van der Waals surface area (Å²) < 4.78 is 0. The van der Waals surface area contributed by atoms with Crippen LogP contribution in [0.25, 0.3) is 0 Å². The molecule has 0 radical (unpaired) electrons. The van der Waals surface area contributed by atoms with Gasteiger partial charge in [-0.2, -0.15) is 0 Å². The molecule has 0 rings (SSSR count). The van der Waals surface area contributed by atoms with Gasteiger partial charge in [-0.25, -0.2) is 4.79 Å². The van der Waals surface area contributed by atoms with Crippen LogP contribution < -0.4 is 22.1 Å². The molecule has 8 nitrogen and oxygen atoms in total. The van der Waals surface area contributed by atoms with Crippen LogP contribution in [0.2, 0.25) is 0 Å². The zero-order chi connectivity index (χ0) is 18.2. The molecule has 0 heterocycles. The SMILES string of the molecule is CC(C)C[C@H](N)C(=O)NC[C@H](NC(=O)[C@@H](N)CC(C)C)C(=O)O. The van der Waals surface area contributed by atoms with Crippen molar-refractivity contribution in [2.75, 3.05) is 6.54 Å². The van der Waals surface area contributed by atoms with Crippen molar-refractivity contribution in [2.24, 2.45) is 23.3 Å². The van der Waals surface area contributed by atoms with Crippen molar-refractivity contribution >= 4 is 17.8 Å². The Balaban J connectivity index is 4.50. The van der Waals surface area contributed by atoms with E-state index in [2.05, 4.69) is 10.6 Å². The number of carbonyl (C=O) groups is 3. The second kappa shape index (κ2) is 10.2. The minimum Gasteiger partial charge on any atom is -0.480 e. The van der Waals surface area contributed by atoms with Gasteiger partial charge in [0.1, 0.15) is 6.04 Å². The summed E-state index contributed by atoms with van der Waals surface area (Å²) in [7, 11) is 0. The third-order valence-electron chi connectivity index (χ3n) is 3.22. The summed E-state index contributed by atoms with van der Waals surface area (Å²) in [4.78, 5) is 34.9. The first-order valence-corrected chi connectivity index (χ1v) is 7.86. The Morgan fingerprint density at radius 2 is 1.35 bits per heavy atom. The molecule has 7 N–H and O–H groups in total. The molecule has 0 aliphatic carbocycles. The summed E-state index contributed by atoms with van der Waals surface area (Å²) in [6, 6.07) is -2.73. The average molecular weight is 330 g/mol. The lowest BCUT2D eigenvalue weighted by Crippen LogP contribution is -2.54. The fraction of sp³-hybridized carbons (Fsp3) is 0.800. The first-order chi connectivity index (χ1) is 10.5. The van der Waals surface area contributed by atoms with E-state index < -0.39 is 35.9 Å². The lowest BCUT2D eigenvalue weighted by Gasteiger charge is -2.20. The smallest absolute Gasteiger partial charge is 0.328 e. The molecule has 0 spiro atoms. The molecular formula is C15H30N4O4. The van der Waals surface area contributed by atoms with Gasteiger partial charge in [0, 0.05) is 6.54 Å². The highest BCUT2D eigenvalue weighted by Gasteiger charge is 2.25. The highest BCUT2D eigenvalue weighted by atomic mass is 16.4. The summed E-state index contributed by atoms with van der Waals surface area (Å²) in [5.41, 5.74) is 11.4. The number of nitrogens with two attached hydrogens (primary N) is 2. The molecular weight excluding hydrogens is 300 g/mol. The second-order valence-corrected chi connectivity index (χ2v) is 6.62. The number of rotatable bonds is 10. The monoisotopic (exact) mass is 330 g/mol. The standard InChI is InChI=1S/C15H30N4O4/c1-8(2)5-10(16)13(20)18-7-12(15(22)23)19-14(21)11(17)6-9(3)4/h8-12H,5-7,16-17H2,1-4H3,(H,18,20)(H,19,21)(H,22,23)/t10-,11-,12-/m0/s1. The van der Waals surface area contributed by atoms with Crippen LogP contribution in [0.4, 0.5) is 0 Å². The highest BCUT2D eigenvalue weighted by molar-refractivity contribution is 5.87. The van der Waals surface area contributed by atoms with Gasteiger partial charge >= 0.3 is 5.97 Å². The van der Waals surface area contributed by atoms with Crippen molar-refractivity contribution in [2.45, 2.75) is 58.7 Å². The van der Waals surface area contributed by atoms with E-state index in [1.807, 2.05) is 27.7 Å². The molecule has 0 saturated heterocycles. The molecule has 3 atom stereocenters. The number of hydrogen-bond acceptors (Lipinski definition) is 5. The number of carboxylic acids is 1. The Hall–Kier alpha value is -1.67. The Bertz CT molecular complexity index is 412. The Morgan fingerprint density at radius 1 is 0.913 bits per heavy atom. The number of amides is 2. The van der Waals surface area contributed by atoms with Crippen LogP contribution in [0.1, 0.15) is 40.5 Å². The van der Waals surface area contributed by atoms with Crippen LogP contribution in [0.15, 0.2) is 0 Å². The van der Waals surface area contributed by atoms with Gasteiger partial charge in [-0.3, -0.25) is 9.59 Å². The molecule has 23 heavy (non-hydrogen) atoms. The van der Waals surface area contributed by atoms with Gasteiger partial charge in [0.05, 0.1) is 12.1 Å². The number of nitrogens with one attached hydrogen (secondary N) is 2. The van der Waals surface area contributed by atoms with E-state index >= 15 is 0 Å². The fourth-order valence-electron chi connectivity index (χ4n) is 2.04. The minimum absolute atomic E-state index is 0.216. The van der Waals surface area contributed by atoms with Crippen LogP contribution in [0.5, 0.6) is 0 Å². The molecule has 0 aromatic heterocycles. The van der Waals surface area contributed by atoms with E-state index in [-0.39, 0.29) is 18.4 Å². The molecule has 0 fully saturated rings. The van der Waals surface area contributed by atoms with Crippen molar-refractivity contribution in [3.05, 3.63) is 0 Å². The Kier molecular flexibility index (Phi) is 9.43. The van der Waals surface area contributed by atoms with Gasteiger partial charge in [-0.15, -0.1) is 0 Å². The third-order valence-corrected chi connectivity index (χ3v) is 3.22. The van der Waals surface area contributed by atoms with Gasteiger partial charge in [0.2, 0.25) is 11.8 Å². The zero-order valence-electron chi connectivity index (χ0n) is 14.3. The molecule has 134 valence electrons. The highest BCUT2D eigenvalue weighted by Crippen LogP contribution is 2.04. The number of carbonyl (C=O) groups excluding carboxylic acids is 2. The average Bonchev–Trinajstić information content (AvgIpc) is 2.40. The molecule has 0 aliphatic rings. The van der Waals surface area contributed by atoms with Gasteiger partial charge in [0.25, 0.3) is 0 Å². The summed E-state index contributed by atoms with van der Waals surface area (Å²) in [5.74, 6) is -1.77. The molecule has 0 aliphatic heterocycles. The predicted molar refractivity (Wildman–Crippen MR) is 87.4 cm³/mol. The predicted octanol–water partition coefficient (Wildman–Crippen LogP) is -0.581. The Labute approximate surface area is 137 Å². The molecule has 2 amide bonds. The van der Waals surface area contributed by atoms with Crippen molar-refractivity contribution < 1.29 is 19.5 Å². The molecule has 0 aromatic rings. The van der Waals surface area contributed by atoms with E-state index in [4.69, 9.17) is 16.6 Å². The van der Waals surface area contributed by atoms with Crippen molar-refractivity contribution in [3.63, 3.8) is 0 Å². The van der Waals surface area contributed by atoms with Gasteiger partial charge in [-0.05, 0) is 24.7 Å². The van der Waals surface area contributed by atoms with Gasteiger partial charge in [-0.1, -0.05) is 27.7 Å². The fourth-order valence-corrected chi connectivity index (χ4v) is 2.04. The summed E-state index contributed by atoms with van der Waals surface area (Å²) in [6.07, 6.45) is 0.943. The summed E-state index contributed by atoms with van der Waals surface area (Å²) in [5, 5.41) is 13.9. The lowest BCUT2D eigenvalue weighted by atomic mass is 10.0. The first kappa shape index (κ1) is 21.3. The maximum absolute atomic E-state index is 11.9. The maximum atomic E-state index is 11.9. The van der Waals surface area contributed by atoms with Crippen molar-refractivity contribution in [1.82, 2.24) is 10.6 Å². The quantitative estimate of drug-likeness (QED) is 0.362. The Morgan fingerprint density at radius 3 is 1.74 bits per heavy atom. The van der Waals surface area contributed by atoms with Gasteiger partial charge < -0.3 is 27.2 Å². The van der Waals surface area contributed by atoms with Crippen LogP contribution in [-0.4, -0.2) is 47.6 Å². The van der Waals surface area contributed by atoms with Gasteiger partial charge in [0.15, 0.2) is 0 Å². The van der Waals surface area contributed by atoms with E-state index in [9.17, 15) is 14.4 Å². The van der Waals surface area contributed by atoms with E-state index in [1.54, 1.807) is 0 Å². The number of carboxylic acid groups (broad SMARTS) is 1. The van der Waals surface area contributed by atoms with Crippen LogP contribution in [0.3, 0.4) is 0 Å². The minimum atomic E-state index is -1.24. The molecule has 0 bridgehead atoms. The van der Waals surface area contributed by atoms with Crippen molar-refractivity contribution in [1.29, 1.82) is 0 Å². The molecule has 0 aromatic carbocycles. The van der Waals surface area contributed by atoms with E-state index in [1.165, 1.54) is 0 Å². The van der Waals surface area contributed by atoms with Crippen LogP contribution in [0, 0.1) is 11.8 Å². The number of hydrogen-bond donors (Lipinski definition) is 5. The largest absolute Gasteiger partial charge is 0.480 e. The molecule has 0 saturated carbocycles. The lowest BCUT2D eigenvalue weighted by molar-refractivity contribution is -0.142. The maximum Gasteiger partial charge on any atom is 0.328 e. The van der Waals surface area contributed by atoms with Crippen LogP contribution >= 0.6 is 0 Å². The van der Waals surface area contributed by atoms with E-state index in [0.29, 0.717) is 12.8 Å². The number of aliphatic carboxylic acids is 1. The molecule has 0 unspecified atom stereocenters. The first-order valence-electron chi connectivity index (χ1n) is 7.86. The van der Waals surface area contributed by atoms with E-state index in [0.717, 1.165) is 0 Å². The topological polar surface area (TPSA) is 148 Å². The molecule has 8 heteroatoms. The zero-order valence-corrected chi connectivity index (χ0v) is 14.3. The normalized spacial score (nSPS) is 15.1. The van der Waals surface area contributed by atoms with Crippen LogP contribution in [-0.2, 0) is 14.4 Å². The van der Waals surface area contributed by atoms with Crippen molar-refractivity contribution in [3.8, 4) is 0 Å². The third kappa shape index (κ3) is 9.14. The summed E-state index contributed by atoms with van der Waals surface area (Å²) in [6.45, 7) is 7.46. The summed E-state index contributed by atoms with van der Waals surface area (Å²) >= 11 is 0. The second-order valence-electron chi connectivity index (χ2n) is 6.62.